The van der Waals surface area contributed by atoms with Gasteiger partial charge in [-0.3, -0.25) is 9.59 Å². The minimum atomic E-state index is -0.648. The zero-order valence-electron chi connectivity index (χ0n) is 17.4. The van der Waals surface area contributed by atoms with E-state index in [1.54, 1.807) is 4.90 Å². The highest BCUT2D eigenvalue weighted by molar-refractivity contribution is 9.10. The van der Waals surface area contributed by atoms with Crippen LogP contribution in [0.15, 0.2) is 53.0 Å². The summed E-state index contributed by atoms with van der Waals surface area (Å²) in [7, 11) is 0. The van der Waals surface area contributed by atoms with Crippen molar-refractivity contribution in [1.82, 2.24) is 10.2 Å². The van der Waals surface area contributed by atoms with Gasteiger partial charge in [0.2, 0.25) is 5.91 Å². The molecule has 164 valence electrons. The second-order valence-corrected chi connectivity index (χ2v) is 8.65. The first kappa shape index (κ1) is 21.6. The van der Waals surface area contributed by atoms with Gasteiger partial charge in [-0.05, 0) is 36.8 Å². The van der Waals surface area contributed by atoms with Crippen molar-refractivity contribution in [1.29, 1.82) is 0 Å². The molecule has 0 bridgehead atoms. The second kappa shape index (κ2) is 9.70. The number of rotatable bonds is 5. The first-order valence-electron chi connectivity index (χ1n) is 10.4. The molecule has 0 radical (unpaired) electrons. The summed E-state index contributed by atoms with van der Waals surface area (Å²) in [6.07, 6.45) is -0.648. The zero-order valence-corrected chi connectivity index (χ0v) is 19.0. The third-order valence-electron chi connectivity index (χ3n) is 5.54. The van der Waals surface area contributed by atoms with E-state index >= 15 is 0 Å². The van der Waals surface area contributed by atoms with Gasteiger partial charge in [-0.15, -0.1) is 0 Å². The van der Waals surface area contributed by atoms with E-state index in [1.165, 1.54) is 0 Å². The molecule has 0 spiro atoms. The van der Waals surface area contributed by atoms with Gasteiger partial charge >= 0.3 is 0 Å². The van der Waals surface area contributed by atoms with Crippen molar-refractivity contribution in [3.05, 3.63) is 58.6 Å². The topological polar surface area (TPSA) is 71.1 Å². The fraction of sp³-hybridized carbons (Fsp3) is 0.391. The van der Waals surface area contributed by atoms with Crippen LogP contribution in [0.5, 0.6) is 5.75 Å². The van der Waals surface area contributed by atoms with Crippen molar-refractivity contribution in [2.75, 3.05) is 44.3 Å². The molecule has 1 N–H and O–H groups in total. The lowest BCUT2D eigenvalue weighted by molar-refractivity contribution is -0.142. The van der Waals surface area contributed by atoms with Crippen LogP contribution in [-0.4, -0.2) is 62.2 Å². The van der Waals surface area contributed by atoms with E-state index in [4.69, 9.17) is 9.47 Å². The molecule has 0 aliphatic carbocycles. The fourth-order valence-electron chi connectivity index (χ4n) is 3.87. The molecule has 2 aromatic carbocycles. The summed E-state index contributed by atoms with van der Waals surface area (Å²) in [6.45, 7) is 4.63. The maximum atomic E-state index is 13.0. The van der Waals surface area contributed by atoms with Crippen LogP contribution in [-0.2, 0) is 14.3 Å². The molecule has 2 aromatic rings. The molecule has 8 heteroatoms. The number of nitrogens with zero attached hydrogens (tertiary/aromatic N) is 2. The first-order valence-corrected chi connectivity index (χ1v) is 11.2. The number of amides is 2. The molecule has 31 heavy (non-hydrogen) atoms. The van der Waals surface area contributed by atoms with Crippen molar-refractivity contribution in [3.63, 3.8) is 0 Å². The van der Waals surface area contributed by atoms with Gasteiger partial charge in [0.15, 0.2) is 6.10 Å². The molecule has 2 amide bonds. The van der Waals surface area contributed by atoms with E-state index in [1.807, 2.05) is 60.4 Å². The summed E-state index contributed by atoms with van der Waals surface area (Å²) in [5, 5.41) is 3.05. The molecule has 0 saturated carbocycles. The second-order valence-electron chi connectivity index (χ2n) is 7.73. The standard InChI is InChI=1S/C23H26BrN3O4/c1-16(17-6-8-18(24)9-7-17)25-22(28)15-27-14-21(23(29)26-10-12-30-13-11-26)31-20-5-3-2-4-19(20)27/h2-9,16,21H,10-15H2,1H3,(H,25,28)/t16-,21-/m1/s1. The van der Waals surface area contributed by atoms with E-state index in [0.29, 0.717) is 38.6 Å². The lowest BCUT2D eigenvalue weighted by Gasteiger charge is -2.38. The van der Waals surface area contributed by atoms with Crippen molar-refractivity contribution >= 4 is 33.4 Å². The number of ether oxygens (including phenoxy) is 2. The van der Waals surface area contributed by atoms with Crippen LogP contribution < -0.4 is 15.0 Å². The van der Waals surface area contributed by atoms with Crippen molar-refractivity contribution in [3.8, 4) is 5.75 Å². The number of hydrogen-bond donors (Lipinski definition) is 1. The Morgan fingerprint density at radius 2 is 1.84 bits per heavy atom. The van der Waals surface area contributed by atoms with Crippen LogP contribution >= 0.6 is 15.9 Å². The Morgan fingerprint density at radius 3 is 2.58 bits per heavy atom. The number of para-hydroxylation sites is 2. The van der Waals surface area contributed by atoms with Gasteiger partial charge < -0.3 is 24.6 Å². The quantitative estimate of drug-likeness (QED) is 0.701. The summed E-state index contributed by atoms with van der Waals surface area (Å²) in [6, 6.07) is 15.3. The Balaban J connectivity index is 1.45. The van der Waals surface area contributed by atoms with Gasteiger partial charge in [0, 0.05) is 17.6 Å². The van der Waals surface area contributed by atoms with Crippen molar-refractivity contribution in [2.24, 2.45) is 0 Å². The Kier molecular flexibility index (Phi) is 6.77. The summed E-state index contributed by atoms with van der Waals surface area (Å²) in [5.74, 6) is 0.449. The summed E-state index contributed by atoms with van der Waals surface area (Å²) in [5.41, 5.74) is 1.85. The zero-order chi connectivity index (χ0) is 21.8. The summed E-state index contributed by atoms with van der Waals surface area (Å²) in [4.78, 5) is 29.5. The van der Waals surface area contributed by atoms with E-state index in [-0.39, 0.29) is 24.4 Å². The highest BCUT2D eigenvalue weighted by Crippen LogP contribution is 2.33. The van der Waals surface area contributed by atoms with Gasteiger partial charge in [0.1, 0.15) is 5.75 Å². The molecule has 4 rings (SSSR count). The predicted molar refractivity (Wildman–Crippen MR) is 121 cm³/mol. The van der Waals surface area contributed by atoms with E-state index in [0.717, 1.165) is 15.7 Å². The Bertz CT molecular complexity index is 931. The smallest absolute Gasteiger partial charge is 0.265 e. The number of hydrogen-bond acceptors (Lipinski definition) is 5. The van der Waals surface area contributed by atoms with Gasteiger partial charge in [-0.2, -0.15) is 0 Å². The predicted octanol–water partition coefficient (Wildman–Crippen LogP) is 2.75. The van der Waals surface area contributed by atoms with Gasteiger partial charge in [-0.25, -0.2) is 0 Å². The molecule has 0 aromatic heterocycles. The monoisotopic (exact) mass is 487 g/mol. The fourth-order valence-corrected chi connectivity index (χ4v) is 4.13. The molecular weight excluding hydrogens is 462 g/mol. The number of halogens is 1. The number of carbonyl (C=O) groups excluding carboxylic acids is 2. The van der Waals surface area contributed by atoms with Crippen LogP contribution in [0.3, 0.4) is 0 Å². The highest BCUT2D eigenvalue weighted by atomic mass is 79.9. The third-order valence-corrected chi connectivity index (χ3v) is 6.07. The highest BCUT2D eigenvalue weighted by Gasteiger charge is 2.34. The number of fused-ring (bicyclic) bond motifs is 1. The summed E-state index contributed by atoms with van der Waals surface area (Å²) >= 11 is 3.43. The number of benzene rings is 2. The Morgan fingerprint density at radius 1 is 1.13 bits per heavy atom. The van der Waals surface area contributed by atoms with Crippen LogP contribution in [0.2, 0.25) is 0 Å². The lowest BCUT2D eigenvalue weighted by Crippen LogP contribution is -2.54. The maximum absolute atomic E-state index is 13.0. The number of morpholine rings is 1. The third kappa shape index (κ3) is 5.19. The van der Waals surface area contributed by atoms with Crippen LogP contribution in [0, 0.1) is 0 Å². The summed E-state index contributed by atoms with van der Waals surface area (Å²) < 4.78 is 12.4. The SMILES string of the molecule is C[C@@H](NC(=O)CN1C[C@H](C(=O)N2CCOCC2)Oc2ccccc21)c1ccc(Br)cc1. The normalized spacial score (nSPS) is 19.2. The average molecular weight is 488 g/mol. The van der Waals surface area contributed by atoms with Gasteiger partial charge in [0.25, 0.3) is 5.91 Å². The maximum Gasteiger partial charge on any atom is 0.265 e. The lowest BCUT2D eigenvalue weighted by atomic mass is 10.1. The molecule has 2 atom stereocenters. The van der Waals surface area contributed by atoms with Crippen LogP contribution in [0.25, 0.3) is 0 Å². The van der Waals surface area contributed by atoms with Gasteiger partial charge in [-0.1, -0.05) is 40.2 Å². The minimum absolute atomic E-state index is 0.0635. The molecule has 7 nitrogen and oxygen atoms in total. The van der Waals surface area contributed by atoms with Crippen LogP contribution in [0.4, 0.5) is 5.69 Å². The Labute approximate surface area is 190 Å². The molecule has 1 fully saturated rings. The minimum Gasteiger partial charge on any atom is -0.477 e. The Hall–Kier alpha value is -2.58. The molecule has 2 aliphatic rings. The van der Waals surface area contributed by atoms with Crippen LogP contribution in [0.1, 0.15) is 18.5 Å². The van der Waals surface area contributed by atoms with Crippen molar-refractivity contribution in [2.45, 2.75) is 19.1 Å². The largest absolute Gasteiger partial charge is 0.477 e. The van der Waals surface area contributed by atoms with E-state index < -0.39 is 6.10 Å². The molecule has 2 aliphatic heterocycles. The van der Waals surface area contributed by atoms with E-state index in [9.17, 15) is 9.59 Å². The first-order chi connectivity index (χ1) is 15.0. The average Bonchev–Trinajstić information content (AvgIpc) is 2.79. The molecular formula is C23H26BrN3O4. The molecule has 0 unspecified atom stereocenters. The number of carbonyl (C=O) groups is 2. The van der Waals surface area contributed by atoms with E-state index in [2.05, 4.69) is 21.2 Å². The molecule has 1 saturated heterocycles. The van der Waals surface area contributed by atoms with Crippen molar-refractivity contribution < 1.29 is 19.1 Å². The number of anilines is 1. The van der Waals surface area contributed by atoms with Gasteiger partial charge in [0.05, 0.1) is 38.0 Å². The number of nitrogens with one attached hydrogen (secondary N) is 1. The molecule has 2 heterocycles.